The molecule has 0 bridgehead atoms. The maximum atomic E-state index is 14.0. The number of anilines is 1. The number of furan rings is 1. The number of urea groups is 1. The highest BCUT2D eigenvalue weighted by molar-refractivity contribution is 6.31. The van der Waals surface area contributed by atoms with E-state index in [4.69, 9.17) is 20.8 Å². The van der Waals surface area contributed by atoms with Crippen LogP contribution in [0.2, 0.25) is 5.02 Å². The summed E-state index contributed by atoms with van der Waals surface area (Å²) in [4.78, 5) is 14.1. The van der Waals surface area contributed by atoms with Crippen molar-refractivity contribution in [2.45, 2.75) is 25.5 Å². The summed E-state index contributed by atoms with van der Waals surface area (Å²) in [5.41, 5.74) is 0.0456. The van der Waals surface area contributed by atoms with E-state index in [-0.39, 0.29) is 23.4 Å². The van der Waals surface area contributed by atoms with Gasteiger partial charge in [0.05, 0.1) is 29.6 Å². The predicted molar refractivity (Wildman–Crippen MR) is 88.5 cm³/mol. The van der Waals surface area contributed by atoms with Crippen molar-refractivity contribution in [2.75, 3.05) is 18.5 Å². The Morgan fingerprint density at radius 3 is 2.96 bits per heavy atom. The van der Waals surface area contributed by atoms with Gasteiger partial charge in [0, 0.05) is 13.2 Å². The number of ether oxygens (including phenoxy) is 1. The maximum absolute atomic E-state index is 14.0. The zero-order valence-electron chi connectivity index (χ0n) is 13.0. The maximum Gasteiger partial charge on any atom is 0.322 e. The van der Waals surface area contributed by atoms with Crippen LogP contribution in [0.15, 0.2) is 41.0 Å². The Morgan fingerprint density at radius 2 is 2.25 bits per heavy atom. The summed E-state index contributed by atoms with van der Waals surface area (Å²) in [5, 5.41) is 2.53. The van der Waals surface area contributed by atoms with E-state index in [0.717, 1.165) is 12.8 Å². The van der Waals surface area contributed by atoms with E-state index in [1.807, 2.05) is 0 Å². The van der Waals surface area contributed by atoms with Crippen molar-refractivity contribution < 1.29 is 18.3 Å². The first-order valence-electron chi connectivity index (χ1n) is 7.77. The summed E-state index contributed by atoms with van der Waals surface area (Å²) in [6.07, 6.45) is 3.40. The van der Waals surface area contributed by atoms with E-state index in [0.29, 0.717) is 18.9 Å². The number of benzene rings is 1. The van der Waals surface area contributed by atoms with Gasteiger partial charge in [0.1, 0.15) is 5.76 Å². The number of halogens is 2. The number of nitrogens with one attached hydrogen (secondary N) is 1. The average Bonchev–Trinajstić information content (AvgIpc) is 3.25. The van der Waals surface area contributed by atoms with Gasteiger partial charge in [-0.3, -0.25) is 0 Å². The minimum absolute atomic E-state index is 0.0186. The normalized spacial score (nSPS) is 17.0. The van der Waals surface area contributed by atoms with Crippen LogP contribution in [-0.4, -0.2) is 30.2 Å². The number of amides is 2. The fourth-order valence-corrected chi connectivity index (χ4v) is 2.81. The van der Waals surface area contributed by atoms with Gasteiger partial charge in [0.25, 0.3) is 0 Å². The molecule has 1 fully saturated rings. The first kappa shape index (κ1) is 16.8. The van der Waals surface area contributed by atoms with Crippen molar-refractivity contribution >= 4 is 23.3 Å². The monoisotopic (exact) mass is 352 g/mol. The molecule has 1 aromatic carbocycles. The lowest BCUT2D eigenvalue weighted by Gasteiger charge is -2.25. The topological polar surface area (TPSA) is 54.7 Å². The van der Waals surface area contributed by atoms with Crippen molar-refractivity contribution in [1.29, 1.82) is 0 Å². The lowest BCUT2D eigenvalue weighted by atomic mass is 10.2. The van der Waals surface area contributed by atoms with Crippen molar-refractivity contribution in [2.24, 2.45) is 0 Å². The van der Waals surface area contributed by atoms with Gasteiger partial charge in [0.2, 0.25) is 0 Å². The molecule has 1 atom stereocenters. The summed E-state index contributed by atoms with van der Waals surface area (Å²) in [5.74, 6) is -0.00250. The molecule has 1 aliphatic heterocycles. The van der Waals surface area contributed by atoms with E-state index in [2.05, 4.69) is 5.32 Å². The third-order valence-electron chi connectivity index (χ3n) is 3.86. The van der Waals surface area contributed by atoms with Gasteiger partial charge in [-0.25, -0.2) is 9.18 Å². The second-order valence-corrected chi connectivity index (χ2v) is 6.03. The molecule has 1 N–H and O–H groups in total. The van der Waals surface area contributed by atoms with Crippen LogP contribution >= 0.6 is 11.6 Å². The molecule has 2 aromatic rings. The Balaban J connectivity index is 1.72. The SMILES string of the molecule is O=C(Nc1cccc(Cl)c1F)N(Cc1ccco1)CC1CCCO1. The summed E-state index contributed by atoms with van der Waals surface area (Å²) in [6, 6.07) is 7.60. The van der Waals surface area contributed by atoms with Crippen LogP contribution in [0.5, 0.6) is 0 Å². The van der Waals surface area contributed by atoms with E-state index >= 15 is 0 Å². The van der Waals surface area contributed by atoms with Gasteiger partial charge < -0.3 is 19.4 Å². The largest absolute Gasteiger partial charge is 0.467 e. The molecule has 0 radical (unpaired) electrons. The summed E-state index contributed by atoms with van der Waals surface area (Å²) in [7, 11) is 0. The lowest BCUT2D eigenvalue weighted by Crippen LogP contribution is -2.39. The molecule has 0 saturated carbocycles. The summed E-state index contributed by atoms with van der Waals surface area (Å²) < 4.78 is 24.9. The molecule has 2 heterocycles. The van der Waals surface area contributed by atoms with Gasteiger partial charge >= 0.3 is 6.03 Å². The molecule has 128 valence electrons. The van der Waals surface area contributed by atoms with E-state index < -0.39 is 11.8 Å². The number of hydrogen-bond acceptors (Lipinski definition) is 3. The molecular formula is C17H18ClFN2O3. The number of nitrogens with zero attached hydrogens (tertiary/aromatic N) is 1. The molecule has 7 heteroatoms. The van der Waals surface area contributed by atoms with Crippen molar-refractivity contribution in [3.8, 4) is 0 Å². The number of rotatable bonds is 5. The Hall–Kier alpha value is -2.05. The summed E-state index contributed by atoms with van der Waals surface area (Å²) >= 11 is 5.75. The molecular weight excluding hydrogens is 335 g/mol. The second-order valence-electron chi connectivity index (χ2n) is 5.63. The van der Waals surface area contributed by atoms with Crippen LogP contribution in [0.1, 0.15) is 18.6 Å². The minimum atomic E-state index is -0.650. The molecule has 3 rings (SSSR count). The Bertz CT molecular complexity index is 687. The molecule has 0 spiro atoms. The highest BCUT2D eigenvalue weighted by Crippen LogP contribution is 2.23. The minimum Gasteiger partial charge on any atom is -0.467 e. The Labute approximate surface area is 144 Å². The van der Waals surface area contributed by atoms with Crippen LogP contribution in [0.3, 0.4) is 0 Å². The van der Waals surface area contributed by atoms with Gasteiger partial charge in [-0.2, -0.15) is 0 Å². The molecule has 1 unspecified atom stereocenters. The molecule has 24 heavy (non-hydrogen) atoms. The fourth-order valence-electron chi connectivity index (χ4n) is 2.64. The number of carbonyl (C=O) groups is 1. The van der Waals surface area contributed by atoms with Crippen LogP contribution in [0.4, 0.5) is 14.9 Å². The Morgan fingerprint density at radius 1 is 1.38 bits per heavy atom. The first-order chi connectivity index (χ1) is 11.6. The molecule has 5 nitrogen and oxygen atoms in total. The molecule has 1 aromatic heterocycles. The van der Waals surface area contributed by atoms with Gasteiger partial charge in [0.15, 0.2) is 5.82 Å². The highest BCUT2D eigenvalue weighted by atomic mass is 35.5. The highest BCUT2D eigenvalue weighted by Gasteiger charge is 2.24. The first-order valence-corrected chi connectivity index (χ1v) is 8.15. The third kappa shape index (κ3) is 4.07. The molecule has 1 saturated heterocycles. The van der Waals surface area contributed by atoms with E-state index in [1.165, 1.54) is 12.1 Å². The van der Waals surface area contributed by atoms with Crippen LogP contribution in [0.25, 0.3) is 0 Å². The van der Waals surface area contributed by atoms with Crippen molar-refractivity contribution in [1.82, 2.24) is 4.90 Å². The van der Waals surface area contributed by atoms with Gasteiger partial charge in [-0.15, -0.1) is 0 Å². The van der Waals surface area contributed by atoms with E-state index in [1.54, 1.807) is 29.4 Å². The fraction of sp³-hybridized carbons (Fsp3) is 0.353. The standard InChI is InChI=1S/C17H18ClFN2O3/c18-14-6-1-7-15(16(14)19)20-17(22)21(10-12-4-2-8-23-12)11-13-5-3-9-24-13/h1-2,4,6-8,13H,3,5,9-11H2,(H,20,22). The zero-order chi connectivity index (χ0) is 16.9. The Kier molecular flexibility index (Phi) is 5.37. The van der Waals surface area contributed by atoms with E-state index in [9.17, 15) is 9.18 Å². The summed E-state index contributed by atoms with van der Waals surface area (Å²) in [6.45, 7) is 1.39. The van der Waals surface area contributed by atoms with Gasteiger partial charge in [-0.1, -0.05) is 17.7 Å². The smallest absolute Gasteiger partial charge is 0.322 e. The predicted octanol–water partition coefficient (Wildman–Crippen LogP) is 4.29. The lowest BCUT2D eigenvalue weighted by molar-refractivity contribution is 0.0803. The van der Waals surface area contributed by atoms with Gasteiger partial charge in [-0.05, 0) is 37.1 Å². The van der Waals surface area contributed by atoms with Crippen LogP contribution in [0, 0.1) is 5.82 Å². The third-order valence-corrected chi connectivity index (χ3v) is 4.15. The van der Waals surface area contributed by atoms with Crippen LogP contribution in [-0.2, 0) is 11.3 Å². The van der Waals surface area contributed by atoms with Crippen molar-refractivity contribution in [3.63, 3.8) is 0 Å². The van der Waals surface area contributed by atoms with Crippen molar-refractivity contribution in [3.05, 3.63) is 53.2 Å². The molecule has 0 aliphatic carbocycles. The molecule has 2 amide bonds. The quantitative estimate of drug-likeness (QED) is 0.873. The number of hydrogen-bond donors (Lipinski definition) is 1. The number of carbonyl (C=O) groups excluding carboxylic acids is 1. The zero-order valence-corrected chi connectivity index (χ0v) is 13.8. The molecule has 1 aliphatic rings. The average molecular weight is 353 g/mol. The second kappa shape index (κ2) is 7.68. The van der Waals surface area contributed by atoms with Crippen LogP contribution < -0.4 is 5.32 Å².